The minimum Gasteiger partial charge on any atom is -0.338 e. The van der Waals surface area contributed by atoms with Crippen LogP contribution in [-0.4, -0.2) is 28.2 Å². The molecule has 0 aliphatic carbocycles. The number of fused-ring (bicyclic) bond motifs is 1. The summed E-state index contributed by atoms with van der Waals surface area (Å²) in [5.74, 6) is -0.179. The van der Waals surface area contributed by atoms with Crippen LogP contribution in [0.5, 0.6) is 0 Å². The largest absolute Gasteiger partial charge is 0.338 e. The number of rotatable bonds is 6. The number of hydrogen-bond acceptors (Lipinski definition) is 3. The highest BCUT2D eigenvalue weighted by Gasteiger charge is 2.14. The summed E-state index contributed by atoms with van der Waals surface area (Å²) >= 11 is 0. The predicted octanol–water partition coefficient (Wildman–Crippen LogP) is 3.92. The van der Waals surface area contributed by atoms with Gasteiger partial charge in [-0.25, -0.2) is 0 Å². The maximum absolute atomic E-state index is 12.4. The molecule has 2 aromatic carbocycles. The van der Waals surface area contributed by atoms with Crippen LogP contribution in [-0.2, 0) is 16.1 Å². The summed E-state index contributed by atoms with van der Waals surface area (Å²) in [6.45, 7) is 4.43. The van der Waals surface area contributed by atoms with Gasteiger partial charge in [-0.2, -0.15) is 0 Å². The van der Waals surface area contributed by atoms with E-state index in [4.69, 9.17) is 0 Å². The zero-order chi connectivity index (χ0) is 19.2. The Hall–Kier alpha value is -3.21. The summed E-state index contributed by atoms with van der Waals surface area (Å²) in [6, 6.07) is 17.5. The molecule has 0 fully saturated rings. The molecule has 5 nitrogen and oxygen atoms in total. The smallest absolute Gasteiger partial charge is 0.226 e. The second-order valence-electron chi connectivity index (χ2n) is 6.55. The topological polar surface area (TPSA) is 62.3 Å². The van der Waals surface area contributed by atoms with E-state index in [1.807, 2.05) is 61.5 Å². The van der Waals surface area contributed by atoms with E-state index in [9.17, 15) is 9.59 Å². The Morgan fingerprint density at radius 3 is 2.59 bits per heavy atom. The van der Waals surface area contributed by atoms with Gasteiger partial charge in [0.05, 0.1) is 11.2 Å². The molecule has 0 aliphatic heterocycles. The summed E-state index contributed by atoms with van der Waals surface area (Å²) in [7, 11) is 0. The van der Waals surface area contributed by atoms with Gasteiger partial charge in [0.1, 0.15) is 0 Å². The molecule has 0 aliphatic rings. The molecular formula is C22H23N3O2. The number of aryl methyl sites for hydroxylation is 1. The molecule has 0 spiro atoms. The van der Waals surface area contributed by atoms with Crippen LogP contribution in [0.2, 0.25) is 0 Å². The van der Waals surface area contributed by atoms with Crippen molar-refractivity contribution in [3.05, 3.63) is 71.9 Å². The molecule has 0 radical (unpaired) electrons. The van der Waals surface area contributed by atoms with E-state index in [0.717, 1.165) is 22.0 Å². The average Bonchev–Trinajstić information content (AvgIpc) is 2.66. The number of carbonyl (C=O) groups excluding carboxylic acids is 2. The zero-order valence-electron chi connectivity index (χ0n) is 15.6. The van der Waals surface area contributed by atoms with Gasteiger partial charge in [-0.3, -0.25) is 14.6 Å². The number of nitrogens with one attached hydrogen (secondary N) is 1. The molecule has 0 saturated carbocycles. The number of benzene rings is 2. The van der Waals surface area contributed by atoms with E-state index in [0.29, 0.717) is 18.8 Å². The first kappa shape index (κ1) is 18.6. The van der Waals surface area contributed by atoms with Crippen molar-refractivity contribution >= 4 is 28.4 Å². The van der Waals surface area contributed by atoms with Crippen molar-refractivity contribution in [1.82, 2.24) is 9.88 Å². The third-order valence-corrected chi connectivity index (χ3v) is 4.58. The molecule has 138 valence electrons. The minimum absolute atomic E-state index is 0.0436. The SMILES string of the molecule is CC(=O)N(CCC(=O)Nc1cccc2cccnc12)Cc1ccccc1C. The molecule has 1 N–H and O–H groups in total. The fourth-order valence-electron chi connectivity index (χ4n) is 3.00. The molecule has 1 aromatic heterocycles. The van der Waals surface area contributed by atoms with Crippen LogP contribution >= 0.6 is 0 Å². The van der Waals surface area contributed by atoms with Crippen molar-refractivity contribution in [2.45, 2.75) is 26.8 Å². The summed E-state index contributed by atoms with van der Waals surface area (Å²) in [5.41, 5.74) is 3.67. The van der Waals surface area contributed by atoms with E-state index < -0.39 is 0 Å². The third-order valence-electron chi connectivity index (χ3n) is 4.58. The zero-order valence-corrected chi connectivity index (χ0v) is 15.6. The number of para-hydroxylation sites is 1. The van der Waals surface area contributed by atoms with Gasteiger partial charge >= 0.3 is 0 Å². The Bertz CT molecular complexity index is 963. The third kappa shape index (κ3) is 4.70. The predicted molar refractivity (Wildman–Crippen MR) is 107 cm³/mol. The number of amides is 2. The first-order chi connectivity index (χ1) is 13.0. The first-order valence-electron chi connectivity index (χ1n) is 8.98. The van der Waals surface area contributed by atoms with E-state index in [1.165, 1.54) is 6.92 Å². The van der Waals surface area contributed by atoms with E-state index in [1.54, 1.807) is 11.1 Å². The fourth-order valence-corrected chi connectivity index (χ4v) is 3.00. The van der Waals surface area contributed by atoms with E-state index >= 15 is 0 Å². The van der Waals surface area contributed by atoms with Gasteiger partial charge in [-0.05, 0) is 30.2 Å². The molecule has 0 saturated heterocycles. The quantitative estimate of drug-likeness (QED) is 0.724. The lowest BCUT2D eigenvalue weighted by Gasteiger charge is -2.22. The summed E-state index contributed by atoms with van der Waals surface area (Å²) in [4.78, 5) is 30.5. The minimum atomic E-state index is -0.135. The Kier molecular flexibility index (Phi) is 5.81. The normalized spacial score (nSPS) is 10.6. The average molecular weight is 361 g/mol. The van der Waals surface area contributed by atoms with Crippen LogP contribution in [0.25, 0.3) is 10.9 Å². The van der Waals surface area contributed by atoms with Crippen LogP contribution in [0.1, 0.15) is 24.5 Å². The molecule has 2 amide bonds. The molecule has 0 atom stereocenters. The highest BCUT2D eigenvalue weighted by atomic mass is 16.2. The van der Waals surface area contributed by atoms with Crippen molar-refractivity contribution in [1.29, 1.82) is 0 Å². The van der Waals surface area contributed by atoms with Gasteiger partial charge < -0.3 is 10.2 Å². The van der Waals surface area contributed by atoms with Gasteiger partial charge in [0, 0.05) is 38.0 Å². The second-order valence-corrected chi connectivity index (χ2v) is 6.55. The van der Waals surface area contributed by atoms with Crippen LogP contribution in [0.15, 0.2) is 60.8 Å². The maximum Gasteiger partial charge on any atom is 0.226 e. The lowest BCUT2D eigenvalue weighted by Crippen LogP contribution is -2.31. The van der Waals surface area contributed by atoms with Crippen molar-refractivity contribution in [2.24, 2.45) is 0 Å². The van der Waals surface area contributed by atoms with Gasteiger partial charge in [0.2, 0.25) is 11.8 Å². The Balaban J connectivity index is 1.64. The molecule has 27 heavy (non-hydrogen) atoms. The van der Waals surface area contributed by atoms with Crippen LogP contribution in [0.3, 0.4) is 0 Å². The lowest BCUT2D eigenvalue weighted by atomic mass is 10.1. The number of aromatic nitrogens is 1. The molecule has 3 aromatic rings. The lowest BCUT2D eigenvalue weighted by molar-refractivity contribution is -0.129. The molecular weight excluding hydrogens is 338 g/mol. The summed E-state index contributed by atoms with van der Waals surface area (Å²) in [6.07, 6.45) is 1.94. The Labute approximate surface area is 159 Å². The van der Waals surface area contributed by atoms with Crippen molar-refractivity contribution < 1.29 is 9.59 Å². The molecule has 1 heterocycles. The van der Waals surface area contributed by atoms with Gasteiger partial charge in [-0.1, -0.05) is 42.5 Å². The van der Waals surface area contributed by atoms with Crippen LogP contribution < -0.4 is 5.32 Å². The van der Waals surface area contributed by atoms with Crippen molar-refractivity contribution in [2.75, 3.05) is 11.9 Å². The van der Waals surface area contributed by atoms with Gasteiger partial charge in [0.15, 0.2) is 0 Å². The summed E-state index contributed by atoms with van der Waals surface area (Å²) in [5, 5.41) is 3.89. The number of carbonyl (C=O) groups is 2. The maximum atomic E-state index is 12.4. The van der Waals surface area contributed by atoms with Gasteiger partial charge in [-0.15, -0.1) is 0 Å². The van der Waals surface area contributed by atoms with Crippen molar-refractivity contribution in [3.63, 3.8) is 0 Å². The molecule has 5 heteroatoms. The van der Waals surface area contributed by atoms with Crippen molar-refractivity contribution in [3.8, 4) is 0 Å². The number of anilines is 1. The van der Waals surface area contributed by atoms with E-state index in [2.05, 4.69) is 10.3 Å². The Morgan fingerprint density at radius 2 is 1.81 bits per heavy atom. The highest BCUT2D eigenvalue weighted by molar-refractivity contribution is 6.00. The number of hydrogen-bond donors (Lipinski definition) is 1. The van der Waals surface area contributed by atoms with Crippen LogP contribution in [0.4, 0.5) is 5.69 Å². The number of pyridine rings is 1. The standard InChI is InChI=1S/C22H23N3O2/c1-16-7-3-4-8-19(16)15-25(17(2)26)14-12-21(27)24-20-11-5-9-18-10-6-13-23-22(18)20/h3-11,13H,12,14-15H2,1-2H3,(H,24,27). The highest BCUT2D eigenvalue weighted by Crippen LogP contribution is 2.20. The van der Waals surface area contributed by atoms with Gasteiger partial charge in [0.25, 0.3) is 0 Å². The first-order valence-corrected chi connectivity index (χ1v) is 8.98. The fraction of sp³-hybridized carbons (Fsp3) is 0.227. The second kappa shape index (κ2) is 8.45. The summed E-state index contributed by atoms with van der Waals surface area (Å²) < 4.78 is 0. The Morgan fingerprint density at radius 1 is 1.04 bits per heavy atom. The van der Waals surface area contributed by atoms with E-state index in [-0.39, 0.29) is 18.2 Å². The molecule has 0 unspecified atom stereocenters. The molecule has 3 rings (SSSR count). The van der Waals surface area contributed by atoms with Crippen LogP contribution in [0, 0.1) is 6.92 Å². The molecule has 0 bridgehead atoms. The monoisotopic (exact) mass is 361 g/mol. The number of nitrogens with zero attached hydrogens (tertiary/aromatic N) is 2.